The molecule has 226 valence electrons. The second-order valence-electron chi connectivity index (χ2n) is 12.2. The first-order valence-corrected chi connectivity index (χ1v) is 16.3. The van der Waals surface area contributed by atoms with Gasteiger partial charge in [-0.15, -0.1) is 0 Å². The molecule has 0 saturated heterocycles. The maximum Gasteiger partial charge on any atom is 0.135 e. The van der Waals surface area contributed by atoms with Crippen LogP contribution in [0.5, 0.6) is 0 Å². The monoisotopic (exact) mass is 613 g/mol. The molecule has 0 bridgehead atoms. The minimum absolute atomic E-state index is 0.887. The molecule has 0 spiro atoms. The van der Waals surface area contributed by atoms with Crippen LogP contribution in [-0.2, 0) is 0 Å². The van der Waals surface area contributed by atoms with Crippen molar-refractivity contribution in [2.24, 2.45) is 0 Å². The molecule has 0 radical (unpaired) electrons. The van der Waals surface area contributed by atoms with Gasteiger partial charge in [-0.25, -0.2) is 0 Å². The molecule has 0 fully saturated rings. The molecule has 48 heavy (non-hydrogen) atoms. The Morgan fingerprint density at radius 2 is 0.958 bits per heavy atom. The van der Waals surface area contributed by atoms with E-state index in [1.165, 1.54) is 44.2 Å². The zero-order valence-corrected chi connectivity index (χ0v) is 26.3. The van der Waals surface area contributed by atoms with Crippen LogP contribution < -0.4 is 4.90 Å². The number of para-hydroxylation sites is 2. The normalized spacial score (nSPS) is 11.3. The molecule has 2 heteroatoms. The second-order valence-corrected chi connectivity index (χ2v) is 12.2. The number of furan rings is 1. The topological polar surface area (TPSA) is 16.4 Å². The molecule has 0 aliphatic carbocycles. The number of rotatable bonds is 6. The van der Waals surface area contributed by atoms with Crippen LogP contribution in [0.2, 0.25) is 0 Å². The molecule has 8 aromatic carbocycles. The van der Waals surface area contributed by atoms with Gasteiger partial charge in [-0.3, -0.25) is 0 Å². The molecular formula is C46H31NO. The summed E-state index contributed by atoms with van der Waals surface area (Å²) in [5.74, 6) is 0. The summed E-state index contributed by atoms with van der Waals surface area (Å²) in [5.41, 5.74) is 12.2. The zero-order valence-electron chi connectivity index (χ0n) is 26.3. The maximum atomic E-state index is 6.20. The summed E-state index contributed by atoms with van der Waals surface area (Å²) in [5, 5.41) is 4.74. The standard InChI is InChI=1S/C46H31NO/c1-2-12-34(13-3-1)41-19-6-8-22-44(41)47(38-28-29-46-43(31-38)42-20-7-9-23-45(42)48-46)37-26-24-32(25-27-37)35-16-10-17-36(30-35)40-21-11-15-33-14-4-5-18-39(33)40/h1-31H. The highest BCUT2D eigenvalue weighted by molar-refractivity contribution is 6.07. The van der Waals surface area contributed by atoms with Gasteiger partial charge in [0.1, 0.15) is 11.2 Å². The fourth-order valence-electron chi connectivity index (χ4n) is 6.96. The molecule has 9 aromatic rings. The Hall–Kier alpha value is -6.38. The smallest absolute Gasteiger partial charge is 0.135 e. The van der Waals surface area contributed by atoms with Crippen molar-refractivity contribution >= 4 is 49.8 Å². The summed E-state index contributed by atoms with van der Waals surface area (Å²) in [7, 11) is 0. The van der Waals surface area contributed by atoms with Crippen LogP contribution in [0.25, 0.3) is 66.1 Å². The fraction of sp³-hybridized carbons (Fsp3) is 0. The van der Waals surface area contributed by atoms with E-state index < -0.39 is 0 Å². The molecule has 1 aromatic heterocycles. The first-order valence-electron chi connectivity index (χ1n) is 16.3. The highest BCUT2D eigenvalue weighted by Gasteiger charge is 2.19. The number of hydrogen-bond acceptors (Lipinski definition) is 2. The van der Waals surface area contributed by atoms with E-state index in [-0.39, 0.29) is 0 Å². The van der Waals surface area contributed by atoms with Gasteiger partial charge in [-0.1, -0.05) is 140 Å². The average molecular weight is 614 g/mol. The number of hydrogen-bond donors (Lipinski definition) is 0. The van der Waals surface area contributed by atoms with Gasteiger partial charge in [0, 0.05) is 27.7 Å². The Morgan fingerprint density at radius 3 is 1.85 bits per heavy atom. The predicted molar refractivity (Wildman–Crippen MR) is 202 cm³/mol. The van der Waals surface area contributed by atoms with Gasteiger partial charge in [0.15, 0.2) is 0 Å². The van der Waals surface area contributed by atoms with Gasteiger partial charge in [0.05, 0.1) is 5.69 Å². The van der Waals surface area contributed by atoms with E-state index in [1.54, 1.807) is 0 Å². The second kappa shape index (κ2) is 11.8. The van der Waals surface area contributed by atoms with Gasteiger partial charge in [-0.2, -0.15) is 0 Å². The molecule has 1 heterocycles. The van der Waals surface area contributed by atoms with Gasteiger partial charge in [0.25, 0.3) is 0 Å². The molecule has 0 amide bonds. The summed E-state index contributed by atoms with van der Waals surface area (Å²) in [6.07, 6.45) is 0. The third-order valence-electron chi connectivity index (χ3n) is 9.27. The summed E-state index contributed by atoms with van der Waals surface area (Å²) >= 11 is 0. The van der Waals surface area contributed by atoms with E-state index in [0.717, 1.165) is 39.0 Å². The van der Waals surface area contributed by atoms with Crippen molar-refractivity contribution in [1.82, 2.24) is 0 Å². The summed E-state index contributed by atoms with van der Waals surface area (Å²) in [4.78, 5) is 2.36. The highest BCUT2D eigenvalue weighted by Crippen LogP contribution is 2.43. The summed E-state index contributed by atoms with van der Waals surface area (Å²) in [6, 6.07) is 67.0. The van der Waals surface area contributed by atoms with Crippen molar-refractivity contribution in [2.45, 2.75) is 0 Å². The van der Waals surface area contributed by atoms with Crippen molar-refractivity contribution in [1.29, 1.82) is 0 Å². The van der Waals surface area contributed by atoms with Crippen LogP contribution in [0, 0.1) is 0 Å². The van der Waals surface area contributed by atoms with E-state index in [1.807, 2.05) is 12.1 Å². The van der Waals surface area contributed by atoms with Crippen LogP contribution in [0.15, 0.2) is 192 Å². The van der Waals surface area contributed by atoms with Crippen LogP contribution in [0.4, 0.5) is 17.1 Å². The minimum Gasteiger partial charge on any atom is -0.456 e. The average Bonchev–Trinajstić information content (AvgIpc) is 3.54. The number of benzene rings is 8. The minimum atomic E-state index is 0.887. The van der Waals surface area contributed by atoms with Crippen LogP contribution in [0.3, 0.4) is 0 Å². The Balaban J connectivity index is 1.17. The quantitative estimate of drug-likeness (QED) is 0.185. The highest BCUT2D eigenvalue weighted by atomic mass is 16.3. The van der Waals surface area contributed by atoms with Gasteiger partial charge < -0.3 is 9.32 Å². The Labute approximate surface area is 279 Å². The van der Waals surface area contributed by atoms with Crippen molar-refractivity contribution in [3.8, 4) is 33.4 Å². The summed E-state index contributed by atoms with van der Waals surface area (Å²) in [6.45, 7) is 0. The maximum absolute atomic E-state index is 6.20. The first kappa shape index (κ1) is 27.9. The number of fused-ring (bicyclic) bond motifs is 4. The molecule has 2 nitrogen and oxygen atoms in total. The van der Waals surface area contributed by atoms with Crippen LogP contribution in [-0.4, -0.2) is 0 Å². The molecule has 9 rings (SSSR count). The van der Waals surface area contributed by atoms with Gasteiger partial charge in [0.2, 0.25) is 0 Å². The first-order chi connectivity index (χ1) is 23.8. The third-order valence-corrected chi connectivity index (χ3v) is 9.27. The molecular weight excluding hydrogens is 583 g/mol. The largest absolute Gasteiger partial charge is 0.456 e. The summed E-state index contributed by atoms with van der Waals surface area (Å²) < 4.78 is 6.20. The lowest BCUT2D eigenvalue weighted by atomic mass is 9.95. The van der Waals surface area contributed by atoms with E-state index in [9.17, 15) is 0 Å². The van der Waals surface area contributed by atoms with Crippen molar-refractivity contribution in [3.05, 3.63) is 188 Å². The lowest BCUT2D eigenvalue weighted by Gasteiger charge is -2.28. The zero-order chi connectivity index (χ0) is 31.9. The molecule has 0 N–H and O–H groups in total. The van der Waals surface area contributed by atoms with E-state index in [2.05, 4.69) is 181 Å². The predicted octanol–water partition coefficient (Wildman–Crippen LogP) is 13.2. The molecule has 0 aliphatic heterocycles. The lowest BCUT2D eigenvalue weighted by molar-refractivity contribution is 0.669. The van der Waals surface area contributed by atoms with Crippen molar-refractivity contribution in [2.75, 3.05) is 4.90 Å². The Bertz CT molecular complexity index is 2560. The van der Waals surface area contributed by atoms with Crippen molar-refractivity contribution in [3.63, 3.8) is 0 Å². The number of anilines is 3. The molecule has 0 aliphatic rings. The Kier molecular flexibility index (Phi) is 6.84. The van der Waals surface area contributed by atoms with Crippen LogP contribution in [0.1, 0.15) is 0 Å². The SMILES string of the molecule is c1ccc(-c2ccccc2N(c2ccc(-c3cccc(-c4cccc5ccccc45)c3)cc2)c2ccc3oc4ccccc4c3c2)cc1. The molecule has 0 saturated carbocycles. The third kappa shape index (κ3) is 4.92. The van der Waals surface area contributed by atoms with Gasteiger partial charge >= 0.3 is 0 Å². The van der Waals surface area contributed by atoms with Gasteiger partial charge in [-0.05, 0) is 87.1 Å². The Morgan fingerprint density at radius 1 is 0.333 bits per heavy atom. The van der Waals surface area contributed by atoms with E-state index in [4.69, 9.17) is 4.42 Å². The van der Waals surface area contributed by atoms with E-state index >= 15 is 0 Å². The lowest BCUT2D eigenvalue weighted by Crippen LogP contribution is -2.11. The molecule has 0 atom stereocenters. The van der Waals surface area contributed by atoms with Crippen LogP contribution >= 0.6 is 0 Å². The fourth-order valence-corrected chi connectivity index (χ4v) is 6.96. The van der Waals surface area contributed by atoms with Crippen molar-refractivity contribution < 1.29 is 4.42 Å². The number of nitrogens with zero attached hydrogens (tertiary/aromatic N) is 1. The molecule has 0 unspecified atom stereocenters. The van der Waals surface area contributed by atoms with E-state index in [0.29, 0.717) is 0 Å².